The molecule has 0 aliphatic carbocycles. The molecule has 28 heavy (non-hydrogen) atoms. The van der Waals surface area contributed by atoms with Crippen LogP contribution in [0.15, 0.2) is 83.8 Å². The fourth-order valence-corrected chi connectivity index (χ4v) is 3.87. The first kappa shape index (κ1) is 19.7. The number of hydrogen-bond donors (Lipinski definition) is 1. The van der Waals surface area contributed by atoms with Crippen LogP contribution in [0.5, 0.6) is 0 Å². The van der Waals surface area contributed by atoms with Crippen LogP contribution in [0, 0.1) is 5.82 Å². The first-order chi connectivity index (χ1) is 13.4. The van der Waals surface area contributed by atoms with Crippen molar-refractivity contribution in [2.45, 2.75) is 11.4 Å². The van der Waals surface area contributed by atoms with Gasteiger partial charge in [-0.15, -0.1) is 0 Å². The minimum Gasteiger partial charge on any atom is -0.319 e. The number of nitrogens with one attached hydrogen (secondary N) is 1. The quantitative estimate of drug-likeness (QED) is 0.685. The molecule has 0 bridgehead atoms. The number of sulfonamides is 1. The van der Waals surface area contributed by atoms with Gasteiger partial charge in [-0.1, -0.05) is 48.5 Å². The van der Waals surface area contributed by atoms with E-state index in [1.54, 1.807) is 6.07 Å². The van der Waals surface area contributed by atoms with Crippen LogP contribution in [0.4, 0.5) is 10.1 Å². The van der Waals surface area contributed by atoms with Crippen LogP contribution in [0.3, 0.4) is 0 Å². The van der Waals surface area contributed by atoms with Gasteiger partial charge in [0, 0.05) is 19.2 Å². The van der Waals surface area contributed by atoms with Crippen LogP contribution in [-0.4, -0.2) is 25.7 Å². The third-order valence-corrected chi connectivity index (χ3v) is 5.97. The predicted molar refractivity (Wildman–Crippen MR) is 106 cm³/mol. The third kappa shape index (κ3) is 4.44. The van der Waals surface area contributed by atoms with Crippen molar-refractivity contribution in [3.8, 4) is 0 Å². The Morgan fingerprint density at radius 2 is 1.64 bits per heavy atom. The van der Waals surface area contributed by atoms with Crippen molar-refractivity contribution in [1.29, 1.82) is 0 Å². The van der Waals surface area contributed by atoms with Gasteiger partial charge >= 0.3 is 0 Å². The van der Waals surface area contributed by atoms with Gasteiger partial charge in [0.25, 0.3) is 5.91 Å². The molecule has 5 nitrogen and oxygen atoms in total. The highest BCUT2D eigenvalue weighted by Crippen LogP contribution is 2.20. The van der Waals surface area contributed by atoms with Crippen molar-refractivity contribution in [2.24, 2.45) is 0 Å². The molecule has 144 valence electrons. The van der Waals surface area contributed by atoms with Crippen LogP contribution >= 0.6 is 0 Å². The van der Waals surface area contributed by atoms with Crippen molar-refractivity contribution >= 4 is 21.6 Å². The van der Waals surface area contributed by atoms with E-state index in [1.807, 2.05) is 30.3 Å². The summed E-state index contributed by atoms with van der Waals surface area (Å²) in [6.07, 6.45) is 0. The molecule has 3 aromatic rings. The molecule has 0 aromatic heterocycles. The Bertz CT molecular complexity index is 1090. The van der Waals surface area contributed by atoms with E-state index in [9.17, 15) is 17.6 Å². The molecule has 0 aliphatic rings. The molecule has 3 rings (SSSR count). The number of nitrogens with zero attached hydrogens (tertiary/aromatic N) is 1. The summed E-state index contributed by atoms with van der Waals surface area (Å²) >= 11 is 0. The second-order valence-corrected chi connectivity index (χ2v) is 8.25. The summed E-state index contributed by atoms with van der Waals surface area (Å²) in [6, 6.07) is 20.7. The zero-order chi connectivity index (χ0) is 20.1. The van der Waals surface area contributed by atoms with E-state index >= 15 is 0 Å². The average Bonchev–Trinajstić information content (AvgIpc) is 2.70. The van der Waals surface area contributed by atoms with Crippen molar-refractivity contribution in [3.63, 3.8) is 0 Å². The normalized spacial score (nSPS) is 11.4. The molecule has 0 saturated carbocycles. The van der Waals surface area contributed by atoms with E-state index < -0.39 is 21.7 Å². The van der Waals surface area contributed by atoms with Crippen LogP contribution in [0.2, 0.25) is 0 Å². The maximum atomic E-state index is 13.7. The van der Waals surface area contributed by atoms with E-state index in [0.717, 1.165) is 5.56 Å². The van der Waals surface area contributed by atoms with E-state index in [4.69, 9.17) is 0 Å². The minimum absolute atomic E-state index is 0.00730. The second-order valence-electron chi connectivity index (χ2n) is 6.21. The molecular weight excluding hydrogens is 379 g/mol. The number of benzene rings is 3. The summed E-state index contributed by atoms with van der Waals surface area (Å²) in [4.78, 5) is 12.4. The Morgan fingerprint density at radius 3 is 2.36 bits per heavy atom. The largest absolute Gasteiger partial charge is 0.319 e. The van der Waals surface area contributed by atoms with Crippen LogP contribution in [-0.2, 0) is 16.6 Å². The highest BCUT2D eigenvalue weighted by atomic mass is 32.2. The van der Waals surface area contributed by atoms with E-state index in [-0.39, 0.29) is 22.7 Å². The average molecular weight is 398 g/mol. The molecule has 1 amide bonds. The van der Waals surface area contributed by atoms with Gasteiger partial charge in [0.15, 0.2) is 0 Å². The molecule has 0 heterocycles. The zero-order valence-corrected chi connectivity index (χ0v) is 16.0. The Labute approximate surface area is 163 Å². The summed E-state index contributed by atoms with van der Waals surface area (Å²) in [6.45, 7) is 0.203. The standard InChI is InChI=1S/C21H19FN2O3S/c1-24(15-16-8-3-2-4-9-16)28(26,27)18-11-7-10-17(14-18)21(25)23-20-13-6-5-12-19(20)22/h2-14H,15H2,1H3,(H,23,25). The van der Waals surface area contributed by atoms with Crippen molar-refractivity contribution < 1.29 is 17.6 Å². The highest BCUT2D eigenvalue weighted by molar-refractivity contribution is 7.89. The van der Waals surface area contributed by atoms with Crippen LogP contribution < -0.4 is 5.32 Å². The number of anilines is 1. The summed E-state index contributed by atoms with van der Waals surface area (Å²) < 4.78 is 40.7. The van der Waals surface area contributed by atoms with E-state index in [1.165, 1.54) is 53.8 Å². The fourth-order valence-electron chi connectivity index (χ4n) is 2.66. The smallest absolute Gasteiger partial charge is 0.255 e. The molecular formula is C21H19FN2O3S. The number of carbonyl (C=O) groups is 1. The molecule has 7 heteroatoms. The summed E-state index contributed by atoms with van der Waals surface area (Å²) in [5.41, 5.74) is 1.00. The molecule has 0 spiro atoms. The highest BCUT2D eigenvalue weighted by Gasteiger charge is 2.22. The number of halogens is 1. The zero-order valence-electron chi connectivity index (χ0n) is 15.2. The lowest BCUT2D eigenvalue weighted by Crippen LogP contribution is -2.26. The molecule has 0 fully saturated rings. The van der Waals surface area contributed by atoms with Gasteiger partial charge in [-0.2, -0.15) is 4.31 Å². The van der Waals surface area contributed by atoms with Gasteiger partial charge in [0.1, 0.15) is 5.82 Å². The number of hydrogen-bond acceptors (Lipinski definition) is 3. The van der Waals surface area contributed by atoms with E-state index in [2.05, 4.69) is 5.32 Å². The monoisotopic (exact) mass is 398 g/mol. The number of para-hydroxylation sites is 1. The Kier molecular flexibility index (Phi) is 5.87. The van der Waals surface area contributed by atoms with Gasteiger partial charge in [-0.25, -0.2) is 12.8 Å². The Morgan fingerprint density at radius 1 is 0.964 bits per heavy atom. The first-order valence-corrected chi connectivity index (χ1v) is 9.98. The minimum atomic E-state index is -3.79. The first-order valence-electron chi connectivity index (χ1n) is 8.54. The Balaban J connectivity index is 1.81. The number of carbonyl (C=O) groups excluding carboxylic acids is 1. The molecule has 0 unspecified atom stereocenters. The van der Waals surface area contributed by atoms with Crippen LogP contribution in [0.1, 0.15) is 15.9 Å². The molecule has 0 saturated heterocycles. The molecule has 0 radical (unpaired) electrons. The van der Waals surface area contributed by atoms with Crippen molar-refractivity contribution in [1.82, 2.24) is 4.31 Å². The Hall–Kier alpha value is -3.03. The fraction of sp³-hybridized carbons (Fsp3) is 0.0952. The molecule has 0 aliphatic heterocycles. The third-order valence-electron chi connectivity index (χ3n) is 4.17. The van der Waals surface area contributed by atoms with E-state index in [0.29, 0.717) is 0 Å². The lowest BCUT2D eigenvalue weighted by Gasteiger charge is -2.18. The number of rotatable bonds is 6. The second kappa shape index (κ2) is 8.33. The summed E-state index contributed by atoms with van der Waals surface area (Å²) in [7, 11) is -2.31. The molecule has 3 aromatic carbocycles. The topological polar surface area (TPSA) is 66.5 Å². The maximum Gasteiger partial charge on any atom is 0.255 e. The van der Waals surface area contributed by atoms with Crippen LogP contribution in [0.25, 0.3) is 0 Å². The van der Waals surface area contributed by atoms with Gasteiger partial charge in [-0.05, 0) is 35.9 Å². The van der Waals surface area contributed by atoms with Crippen molar-refractivity contribution in [3.05, 3.63) is 95.8 Å². The molecule has 0 atom stereocenters. The lowest BCUT2D eigenvalue weighted by molar-refractivity contribution is 0.102. The molecule has 1 N–H and O–H groups in total. The summed E-state index contributed by atoms with van der Waals surface area (Å²) in [5.74, 6) is -1.16. The van der Waals surface area contributed by atoms with Crippen molar-refractivity contribution in [2.75, 3.05) is 12.4 Å². The number of amides is 1. The van der Waals surface area contributed by atoms with Gasteiger partial charge in [-0.3, -0.25) is 4.79 Å². The van der Waals surface area contributed by atoms with Gasteiger partial charge in [0.2, 0.25) is 10.0 Å². The predicted octanol–water partition coefficient (Wildman–Crippen LogP) is 3.90. The maximum absolute atomic E-state index is 13.7. The summed E-state index contributed by atoms with van der Waals surface area (Å²) in [5, 5.41) is 2.45. The van der Waals surface area contributed by atoms with Gasteiger partial charge < -0.3 is 5.32 Å². The lowest BCUT2D eigenvalue weighted by atomic mass is 10.2. The van der Waals surface area contributed by atoms with Gasteiger partial charge in [0.05, 0.1) is 10.6 Å². The SMILES string of the molecule is CN(Cc1ccccc1)S(=O)(=O)c1cccc(C(=O)Nc2ccccc2F)c1.